The topological polar surface area (TPSA) is 74.7 Å². The summed E-state index contributed by atoms with van der Waals surface area (Å²) in [5.74, 6) is 0.261. The Morgan fingerprint density at radius 2 is 1.86 bits per heavy atom. The van der Waals surface area contributed by atoms with Crippen molar-refractivity contribution in [3.8, 4) is 0 Å². The van der Waals surface area contributed by atoms with E-state index in [9.17, 15) is 18.3 Å². The molecule has 1 atom stereocenters. The summed E-state index contributed by atoms with van der Waals surface area (Å²) >= 11 is 0. The van der Waals surface area contributed by atoms with Crippen LogP contribution in [0.3, 0.4) is 0 Å². The van der Waals surface area contributed by atoms with Crippen molar-refractivity contribution in [2.45, 2.75) is 30.6 Å². The number of ketones is 1. The maximum absolute atomic E-state index is 12.6. The lowest BCUT2D eigenvalue weighted by atomic mass is 10.0. The molecule has 0 amide bonds. The van der Waals surface area contributed by atoms with Gasteiger partial charge in [0.2, 0.25) is 10.0 Å². The highest BCUT2D eigenvalue weighted by Crippen LogP contribution is 2.33. The van der Waals surface area contributed by atoms with Crippen LogP contribution in [0.5, 0.6) is 0 Å². The predicted octanol–water partition coefficient (Wildman–Crippen LogP) is 1.67. The lowest BCUT2D eigenvalue weighted by Gasteiger charge is -2.30. The van der Waals surface area contributed by atoms with Crippen LogP contribution in [0.25, 0.3) is 0 Å². The second kappa shape index (κ2) is 6.10. The number of rotatable bonds is 5. The number of hydrogen-bond acceptors (Lipinski definition) is 4. The number of piperidine rings is 1. The highest BCUT2D eigenvalue weighted by molar-refractivity contribution is 7.89. The minimum atomic E-state index is -3.54. The van der Waals surface area contributed by atoms with E-state index < -0.39 is 10.0 Å². The third kappa shape index (κ3) is 3.09. The number of carbonyl (C=O) groups excluding carboxylic acids is 1. The third-order valence-electron chi connectivity index (χ3n) is 4.46. The number of Topliss-reactive ketones (excluding diaryl/α,β-unsaturated/α-hetero) is 1. The van der Waals surface area contributed by atoms with Crippen LogP contribution in [0.1, 0.15) is 36.0 Å². The van der Waals surface area contributed by atoms with Gasteiger partial charge in [0.1, 0.15) is 0 Å². The summed E-state index contributed by atoms with van der Waals surface area (Å²) in [6.07, 6.45) is 3.50. The molecule has 1 saturated heterocycles. The molecule has 0 spiro atoms. The largest absolute Gasteiger partial charge is 0.396 e. The number of aliphatic hydroxyl groups excluding tert-OH is 1. The second-order valence-electron chi connectivity index (χ2n) is 6.22. The Bertz CT molecular complexity index is 649. The molecule has 1 aliphatic carbocycles. The van der Waals surface area contributed by atoms with E-state index in [-0.39, 0.29) is 29.1 Å². The van der Waals surface area contributed by atoms with Gasteiger partial charge in [0.25, 0.3) is 0 Å². The Balaban J connectivity index is 1.78. The van der Waals surface area contributed by atoms with Crippen LogP contribution in [-0.2, 0) is 10.0 Å². The average molecular weight is 323 g/mol. The molecular weight excluding hydrogens is 302 g/mol. The van der Waals surface area contributed by atoms with Gasteiger partial charge in [-0.05, 0) is 43.7 Å². The molecule has 2 aliphatic rings. The van der Waals surface area contributed by atoms with Crippen molar-refractivity contribution < 1.29 is 18.3 Å². The molecule has 1 heterocycles. The summed E-state index contributed by atoms with van der Waals surface area (Å²) in [5, 5.41) is 9.24. The van der Waals surface area contributed by atoms with Crippen LogP contribution in [0.2, 0.25) is 0 Å². The van der Waals surface area contributed by atoms with Crippen LogP contribution in [-0.4, -0.2) is 43.3 Å². The Kier molecular flexibility index (Phi) is 4.34. The monoisotopic (exact) mass is 323 g/mol. The molecule has 1 unspecified atom stereocenters. The van der Waals surface area contributed by atoms with Crippen LogP contribution in [0.4, 0.5) is 0 Å². The lowest BCUT2D eigenvalue weighted by Crippen LogP contribution is -2.40. The first kappa shape index (κ1) is 15.6. The van der Waals surface area contributed by atoms with Crippen molar-refractivity contribution in [3.05, 3.63) is 29.8 Å². The fourth-order valence-corrected chi connectivity index (χ4v) is 4.47. The van der Waals surface area contributed by atoms with Crippen LogP contribution < -0.4 is 0 Å². The molecule has 2 fully saturated rings. The molecule has 0 aromatic heterocycles. The molecule has 1 aromatic carbocycles. The molecule has 120 valence electrons. The fourth-order valence-electron chi connectivity index (χ4n) is 2.92. The molecule has 5 nitrogen and oxygen atoms in total. The Morgan fingerprint density at radius 1 is 1.18 bits per heavy atom. The van der Waals surface area contributed by atoms with Gasteiger partial charge in [-0.1, -0.05) is 12.1 Å². The van der Waals surface area contributed by atoms with Crippen LogP contribution >= 0.6 is 0 Å². The molecule has 3 rings (SSSR count). The van der Waals surface area contributed by atoms with E-state index in [1.165, 1.54) is 16.4 Å². The number of benzene rings is 1. The maximum Gasteiger partial charge on any atom is 0.243 e. The van der Waals surface area contributed by atoms with E-state index in [0.717, 1.165) is 25.7 Å². The van der Waals surface area contributed by atoms with Gasteiger partial charge in [0, 0.05) is 31.2 Å². The molecule has 22 heavy (non-hydrogen) atoms. The summed E-state index contributed by atoms with van der Waals surface area (Å²) in [6, 6.07) is 6.27. The fraction of sp³-hybridized carbons (Fsp3) is 0.562. The number of carbonyl (C=O) groups is 1. The molecule has 1 N–H and O–H groups in total. The quantitative estimate of drug-likeness (QED) is 0.837. The maximum atomic E-state index is 12.6. The van der Waals surface area contributed by atoms with Gasteiger partial charge in [0.05, 0.1) is 4.90 Å². The Morgan fingerprint density at radius 3 is 2.45 bits per heavy atom. The molecule has 1 saturated carbocycles. The van der Waals surface area contributed by atoms with Gasteiger partial charge >= 0.3 is 0 Å². The summed E-state index contributed by atoms with van der Waals surface area (Å²) < 4.78 is 26.7. The predicted molar refractivity (Wildman–Crippen MR) is 82.1 cm³/mol. The first-order valence-corrected chi connectivity index (χ1v) is 9.21. The summed E-state index contributed by atoms with van der Waals surface area (Å²) in [5.41, 5.74) is 0.591. The Labute approximate surface area is 131 Å². The van der Waals surface area contributed by atoms with Crippen molar-refractivity contribution in [2.75, 3.05) is 19.7 Å². The first-order valence-electron chi connectivity index (χ1n) is 7.77. The smallest absolute Gasteiger partial charge is 0.243 e. The first-order chi connectivity index (χ1) is 10.5. The molecule has 1 aliphatic heterocycles. The molecule has 0 bridgehead atoms. The van der Waals surface area contributed by atoms with Crippen molar-refractivity contribution >= 4 is 15.8 Å². The van der Waals surface area contributed by atoms with Gasteiger partial charge in [0.15, 0.2) is 5.78 Å². The standard InChI is InChI=1S/C16H21NO4S/c18-11-12-2-1-9-17(10-12)22(20,21)15-7-5-14(6-8-15)16(19)13-3-4-13/h5-8,12-13,18H,1-4,9-11H2. The normalized spacial score (nSPS) is 23.4. The summed E-state index contributed by atoms with van der Waals surface area (Å²) in [7, 11) is -3.54. The minimum Gasteiger partial charge on any atom is -0.396 e. The molecule has 0 radical (unpaired) electrons. The van der Waals surface area contributed by atoms with Gasteiger partial charge in [-0.25, -0.2) is 8.42 Å². The highest BCUT2D eigenvalue weighted by Gasteiger charge is 2.32. The zero-order valence-electron chi connectivity index (χ0n) is 12.4. The molecule has 6 heteroatoms. The zero-order valence-corrected chi connectivity index (χ0v) is 13.3. The highest BCUT2D eigenvalue weighted by atomic mass is 32.2. The van der Waals surface area contributed by atoms with Crippen molar-refractivity contribution in [2.24, 2.45) is 11.8 Å². The van der Waals surface area contributed by atoms with Gasteiger partial charge in [-0.3, -0.25) is 4.79 Å². The number of nitrogens with zero attached hydrogens (tertiary/aromatic N) is 1. The zero-order chi connectivity index (χ0) is 15.7. The summed E-state index contributed by atoms with van der Waals surface area (Å²) in [6.45, 7) is 0.865. The van der Waals surface area contributed by atoms with Crippen LogP contribution in [0.15, 0.2) is 29.2 Å². The van der Waals surface area contributed by atoms with E-state index in [1.807, 2.05) is 0 Å². The molecular formula is C16H21NO4S. The number of sulfonamides is 1. The van der Waals surface area contributed by atoms with Crippen molar-refractivity contribution in [1.29, 1.82) is 0 Å². The van der Waals surface area contributed by atoms with Gasteiger partial charge in [-0.15, -0.1) is 0 Å². The van der Waals surface area contributed by atoms with Crippen molar-refractivity contribution in [1.82, 2.24) is 4.31 Å². The van der Waals surface area contributed by atoms with Gasteiger partial charge in [-0.2, -0.15) is 4.31 Å². The second-order valence-corrected chi connectivity index (χ2v) is 8.15. The third-order valence-corrected chi connectivity index (χ3v) is 6.34. The number of aliphatic hydroxyl groups is 1. The van der Waals surface area contributed by atoms with E-state index in [0.29, 0.717) is 18.7 Å². The van der Waals surface area contributed by atoms with E-state index in [1.54, 1.807) is 12.1 Å². The molecule has 1 aromatic rings. The SMILES string of the molecule is O=C(c1ccc(S(=O)(=O)N2CCCC(CO)C2)cc1)C1CC1. The van der Waals surface area contributed by atoms with Crippen molar-refractivity contribution in [3.63, 3.8) is 0 Å². The average Bonchev–Trinajstić information content (AvgIpc) is 3.39. The van der Waals surface area contributed by atoms with E-state index in [2.05, 4.69) is 0 Å². The summed E-state index contributed by atoms with van der Waals surface area (Å²) in [4.78, 5) is 12.2. The minimum absolute atomic E-state index is 0.0132. The van der Waals surface area contributed by atoms with Gasteiger partial charge < -0.3 is 5.11 Å². The number of hydrogen-bond donors (Lipinski definition) is 1. The lowest BCUT2D eigenvalue weighted by molar-refractivity contribution is 0.0967. The van der Waals surface area contributed by atoms with E-state index >= 15 is 0 Å². The van der Waals surface area contributed by atoms with Crippen LogP contribution in [0, 0.1) is 11.8 Å². The van der Waals surface area contributed by atoms with E-state index in [4.69, 9.17) is 0 Å². The Hall–Kier alpha value is -1.24.